The van der Waals surface area contributed by atoms with E-state index in [0.717, 1.165) is 29.3 Å². The highest BCUT2D eigenvalue weighted by Crippen LogP contribution is 2.26. The van der Waals surface area contributed by atoms with Crippen LogP contribution in [-0.2, 0) is 24.3 Å². The summed E-state index contributed by atoms with van der Waals surface area (Å²) < 4.78 is 44.2. The van der Waals surface area contributed by atoms with Gasteiger partial charge < -0.3 is 19.5 Å². The van der Waals surface area contributed by atoms with Crippen molar-refractivity contribution in [2.45, 2.75) is 30.8 Å². The quantitative estimate of drug-likeness (QED) is 0.229. The van der Waals surface area contributed by atoms with Gasteiger partial charge in [-0.05, 0) is 86.0 Å². The van der Waals surface area contributed by atoms with Gasteiger partial charge in [0.2, 0.25) is 0 Å². The first kappa shape index (κ1) is 30.5. The number of benzene rings is 3. The van der Waals surface area contributed by atoms with E-state index in [2.05, 4.69) is 15.8 Å². The van der Waals surface area contributed by atoms with Gasteiger partial charge in [-0.1, -0.05) is 17.7 Å². The number of hydrogen-bond donors (Lipinski definition) is 2. The predicted molar refractivity (Wildman–Crippen MR) is 158 cm³/mol. The molecular weight excluding hydrogens is 560 g/mol. The average molecular weight is 595 g/mol. The highest BCUT2D eigenvalue weighted by atomic mass is 32.2. The van der Waals surface area contributed by atoms with E-state index in [-0.39, 0.29) is 23.5 Å². The Hall–Kier alpha value is -4.42. The molecular formula is C30H34N4O7S. The normalized spacial score (nSPS) is 14.9. The van der Waals surface area contributed by atoms with Crippen molar-refractivity contribution in [2.24, 2.45) is 5.10 Å². The fourth-order valence-corrected chi connectivity index (χ4v) is 5.55. The minimum Gasteiger partial charge on any atom is -0.497 e. The van der Waals surface area contributed by atoms with E-state index in [1.807, 2.05) is 6.92 Å². The maximum absolute atomic E-state index is 13.5. The Morgan fingerprint density at radius 1 is 1.00 bits per heavy atom. The summed E-state index contributed by atoms with van der Waals surface area (Å²) in [4.78, 5) is 24.8. The van der Waals surface area contributed by atoms with Gasteiger partial charge in [0, 0.05) is 13.2 Å². The van der Waals surface area contributed by atoms with Crippen LogP contribution in [0, 0.1) is 6.92 Å². The molecule has 1 heterocycles. The summed E-state index contributed by atoms with van der Waals surface area (Å²) in [6.45, 7) is 2.44. The number of hydrazone groups is 1. The number of amides is 2. The number of carbonyl (C=O) groups is 2. The van der Waals surface area contributed by atoms with Crippen molar-refractivity contribution in [3.05, 3.63) is 83.9 Å². The number of anilines is 1. The van der Waals surface area contributed by atoms with Gasteiger partial charge >= 0.3 is 0 Å². The summed E-state index contributed by atoms with van der Waals surface area (Å²) >= 11 is 0. The smallest absolute Gasteiger partial charge is 0.264 e. The van der Waals surface area contributed by atoms with E-state index in [4.69, 9.17) is 14.2 Å². The van der Waals surface area contributed by atoms with Crippen molar-refractivity contribution in [1.29, 1.82) is 0 Å². The second-order valence-corrected chi connectivity index (χ2v) is 11.5. The van der Waals surface area contributed by atoms with Gasteiger partial charge in [-0.3, -0.25) is 13.9 Å². The van der Waals surface area contributed by atoms with Gasteiger partial charge in [0.05, 0.1) is 30.0 Å². The van der Waals surface area contributed by atoms with Crippen molar-refractivity contribution in [3.8, 4) is 11.5 Å². The zero-order chi connectivity index (χ0) is 30.0. The Morgan fingerprint density at radius 3 is 2.33 bits per heavy atom. The van der Waals surface area contributed by atoms with Crippen LogP contribution < -0.4 is 24.5 Å². The maximum atomic E-state index is 13.5. The van der Waals surface area contributed by atoms with Crippen LogP contribution in [0.3, 0.4) is 0 Å². The fraction of sp³-hybridized carbons (Fsp3) is 0.300. The molecule has 4 rings (SSSR count). The Labute approximate surface area is 245 Å². The number of nitrogens with one attached hydrogen (secondary N) is 2. The van der Waals surface area contributed by atoms with E-state index >= 15 is 0 Å². The molecule has 1 aliphatic heterocycles. The van der Waals surface area contributed by atoms with Crippen LogP contribution >= 0.6 is 0 Å². The maximum Gasteiger partial charge on any atom is 0.264 e. The van der Waals surface area contributed by atoms with Crippen LogP contribution in [-0.4, -0.2) is 66.0 Å². The van der Waals surface area contributed by atoms with Crippen LogP contribution in [0.2, 0.25) is 0 Å². The highest BCUT2D eigenvalue weighted by molar-refractivity contribution is 7.92. The van der Waals surface area contributed by atoms with Gasteiger partial charge in [-0.2, -0.15) is 5.10 Å². The number of carbonyl (C=O) groups excluding carboxylic acids is 2. The number of aryl methyl sites for hydroxylation is 1. The Balaban J connectivity index is 1.33. The number of rotatable bonds is 13. The zero-order valence-electron chi connectivity index (χ0n) is 23.5. The topological polar surface area (TPSA) is 136 Å². The first-order chi connectivity index (χ1) is 20.2. The Bertz CT molecular complexity index is 1470. The number of nitrogens with zero attached hydrogens (tertiary/aromatic N) is 2. The van der Waals surface area contributed by atoms with Gasteiger partial charge in [-0.25, -0.2) is 13.8 Å². The molecule has 0 bridgehead atoms. The first-order valence-corrected chi connectivity index (χ1v) is 14.8. The largest absolute Gasteiger partial charge is 0.497 e. The van der Waals surface area contributed by atoms with Crippen LogP contribution in [0.4, 0.5) is 5.69 Å². The van der Waals surface area contributed by atoms with Crippen LogP contribution in [0.1, 0.15) is 24.0 Å². The molecule has 12 heteroatoms. The molecule has 2 amide bonds. The van der Waals surface area contributed by atoms with E-state index in [1.165, 1.54) is 25.5 Å². The highest BCUT2D eigenvalue weighted by Gasteiger charge is 2.27. The molecule has 0 aliphatic carbocycles. The molecule has 1 aliphatic rings. The summed E-state index contributed by atoms with van der Waals surface area (Å²) in [7, 11) is -2.55. The number of ether oxygens (including phenoxy) is 3. The molecule has 11 nitrogen and oxygen atoms in total. The predicted octanol–water partition coefficient (Wildman–Crippen LogP) is 3.02. The van der Waals surface area contributed by atoms with Crippen molar-refractivity contribution in [3.63, 3.8) is 0 Å². The van der Waals surface area contributed by atoms with Crippen molar-refractivity contribution >= 4 is 33.7 Å². The second-order valence-electron chi connectivity index (χ2n) is 9.61. The molecule has 2 N–H and O–H groups in total. The lowest BCUT2D eigenvalue weighted by Crippen LogP contribution is -2.39. The van der Waals surface area contributed by atoms with Crippen LogP contribution in [0.25, 0.3) is 0 Å². The number of sulfonamides is 1. The van der Waals surface area contributed by atoms with Gasteiger partial charge in [0.1, 0.15) is 18.0 Å². The third-order valence-electron chi connectivity index (χ3n) is 6.46. The van der Waals surface area contributed by atoms with Gasteiger partial charge in [0.15, 0.2) is 6.61 Å². The average Bonchev–Trinajstić information content (AvgIpc) is 3.52. The van der Waals surface area contributed by atoms with E-state index < -0.39 is 22.5 Å². The fourth-order valence-electron chi connectivity index (χ4n) is 4.13. The summed E-state index contributed by atoms with van der Waals surface area (Å²) in [5.41, 5.74) is 4.25. The molecule has 1 atom stereocenters. The molecule has 1 fully saturated rings. The summed E-state index contributed by atoms with van der Waals surface area (Å²) in [6.07, 6.45) is 3.44. The molecule has 42 heavy (non-hydrogen) atoms. The zero-order valence-corrected chi connectivity index (χ0v) is 24.3. The molecule has 3 aromatic rings. The molecule has 0 aromatic heterocycles. The standard InChI is InChI=1S/C30H34N4O7S/c1-22-5-15-28(16-6-22)42(37,38)34(24-9-13-25(39-2)14-10-24)20-29(35)33-32-18-23-7-11-26(12-8-23)41-21-30(36)31-19-27-4-3-17-40-27/h5-16,18,27H,3-4,17,19-21H2,1-2H3,(H,31,36)(H,33,35)/b32-18-/t27-/m0/s1. The molecule has 0 saturated carbocycles. The van der Waals surface area contributed by atoms with E-state index in [0.29, 0.717) is 29.3 Å². The minimum atomic E-state index is -4.06. The molecule has 222 valence electrons. The lowest BCUT2D eigenvalue weighted by molar-refractivity contribution is -0.123. The summed E-state index contributed by atoms with van der Waals surface area (Å²) in [6, 6.07) is 19.5. The molecule has 0 unspecified atom stereocenters. The van der Waals surface area contributed by atoms with Crippen molar-refractivity contribution < 1.29 is 32.2 Å². The minimum absolute atomic E-state index is 0.0582. The first-order valence-electron chi connectivity index (χ1n) is 13.4. The summed E-state index contributed by atoms with van der Waals surface area (Å²) in [5.74, 6) is 0.188. The monoisotopic (exact) mass is 594 g/mol. The number of methoxy groups -OCH3 is 1. The lowest BCUT2D eigenvalue weighted by Gasteiger charge is -2.24. The van der Waals surface area contributed by atoms with Crippen LogP contribution in [0.5, 0.6) is 11.5 Å². The van der Waals surface area contributed by atoms with Gasteiger partial charge in [0.25, 0.3) is 21.8 Å². The van der Waals surface area contributed by atoms with E-state index in [1.54, 1.807) is 60.7 Å². The Kier molecular flexibility index (Phi) is 10.5. The van der Waals surface area contributed by atoms with Crippen molar-refractivity contribution in [1.82, 2.24) is 10.7 Å². The molecule has 0 radical (unpaired) electrons. The molecule has 1 saturated heterocycles. The van der Waals surface area contributed by atoms with E-state index in [9.17, 15) is 18.0 Å². The van der Waals surface area contributed by atoms with Gasteiger partial charge in [-0.15, -0.1) is 0 Å². The number of hydrogen-bond acceptors (Lipinski definition) is 8. The second kappa shape index (κ2) is 14.5. The third kappa shape index (κ3) is 8.54. The molecule has 0 spiro atoms. The third-order valence-corrected chi connectivity index (χ3v) is 8.25. The van der Waals surface area contributed by atoms with Crippen molar-refractivity contribution in [2.75, 3.05) is 37.7 Å². The summed E-state index contributed by atoms with van der Waals surface area (Å²) in [5, 5.41) is 6.76. The SMILES string of the molecule is COc1ccc(N(CC(=O)N/N=C\c2ccc(OCC(=O)NC[C@@H]3CCCO3)cc2)S(=O)(=O)c2ccc(C)cc2)cc1. The lowest BCUT2D eigenvalue weighted by atomic mass is 10.2. The molecule has 3 aromatic carbocycles. The Morgan fingerprint density at radius 2 is 1.69 bits per heavy atom. The van der Waals surface area contributed by atoms with Crippen LogP contribution in [0.15, 0.2) is 82.8 Å².